The average Bonchev–Trinajstić information content (AvgIpc) is 2.86. The van der Waals surface area contributed by atoms with Gasteiger partial charge in [-0.1, -0.05) is 13.3 Å². The lowest BCUT2D eigenvalue weighted by atomic mass is 10.3. The summed E-state index contributed by atoms with van der Waals surface area (Å²) in [5, 5.41) is 2.44. The van der Waals surface area contributed by atoms with E-state index in [0.29, 0.717) is 31.0 Å². The van der Waals surface area contributed by atoms with Crippen LogP contribution in [0.3, 0.4) is 0 Å². The first-order valence-corrected chi connectivity index (χ1v) is 7.21. The Bertz CT molecular complexity index is 421. The molecule has 0 aliphatic rings. The number of amides is 1. The molecule has 8 heteroatoms. The van der Waals surface area contributed by atoms with Gasteiger partial charge in [0.25, 0.3) is 5.91 Å². The van der Waals surface area contributed by atoms with Crippen LogP contribution >= 0.6 is 11.3 Å². The minimum Gasteiger partial charge on any atom is -0.381 e. The Kier molecular flexibility index (Phi) is 6.94. The Morgan fingerprint density at radius 3 is 2.75 bits per heavy atom. The van der Waals surface area contributed by atoms with Crippen LogP contribution in [0, 0.1) is 0 Å². The lowest BCUT2D eigenvalue weighted by molar-refractivity contribution is -0.141. The summed E-state index contributed by atoms with van der Waals surface area (Å²) >= 11 is 0.685. The van der Waals surface area contributed by atoms with Gasteiger partial charge in [0, 0.05) is 19.8 Å². The second-order valence-corrected chi connectivity index (χ2v) is 4.96. The highest BCUT2D eigenvalue weighted by molar-refractivity contribution is 7.11. The van der Waals surface area contributed by atoms with Crippen LogP contribution in [0.25, 0.3) is 0 Å². The van der Waals surface area contributed by atoms with E-state index in [4.69, 9.17) is 4.74 Å². The maximum Gasteiger partial charge on any atom is 0.434 e. The Morgan fingerprint density at radius 1 is 1.40 bits per heavy atom. The third kappa shape index (κ3) is 5.46. The summed E-state index contributed by atoms with van der Waals surface area (Å²) < 4.78 is 42.9. The third-order valence-corrected chi connectivity index (χ3v) is 3.26. The van der Waals surface area contributed by atoms with Gasteiger partial charge < -0.3 is 10.1 Å². The molecule has 0 radical (unpaired) electrons. The summed E-state index contributed by atoms with van der Waals surface area (Å²) in [5.74, 6) is -0.742. The van der Waals surface area contributed by atoms with Crippen LogP contribution in [0.2, 0.25) is 0 Å². The molecule has 0 spiro atoms. The van der Waals surface area contributed by atoms with Crippen LogP contribution in [-0.2, 0) is 10.9 Å². The van der Waals surface area contributed by atoms with Crippen LogP contribution in [0.5, 0.6) is 0 Å². The molecule has 4 nitrogen and oxygen atoms in total. The van der Waals surface area contributed by atoms with Crippen molar-refractivity contribution in [2.24, 2.45) is 0 Å². The van der Waals surface area contributed by atoms with Gasteiger partial charge in [0.1, 0.15) is 4.88 Å². The summed E-state index contributed by atoms with van der Waals surface area (Å²) in [4.78, 5) is 14.4. The molecule has 0 unspecified atom stereocenters. The van der Waals surface area contributed by atoms with Crippen LogP contribution in [0.15, 0.2) is 5.51 Å². The van der Waals surface area contributed by atoms with Gasteiger partial charge in [0.2, 0.25) is 0 Å². The number of carbonyl (C=O) groups excluding carboxylic acids is 1. The molecule has 1 rings (SSSR count). The quantitative estimate of drug-likeness (QED) is 0.751. The molecule has 0 saturated carbocycles. The highest BCUT2D eigenvalue weighted by Crippen LogP contribution is 2.32. The average molecular weight is 310 g/mol. The van der Waals surface area contributed by atoms with Crippen LogP contribution in [-0.4, -0.2) is 30.6 Å². The first kappa shape index (κ1) is 16.9. The number of nitrogens with zero attached hydrogens (tertiary/aromatic N) is 1. The van der Waals surface area contributed by atoms with Crippen molar-refractivity contribution in [2.75, 3.05) is 19.8 Å². The molecule has 114 valence electrons. The SMILES string of the molecule is CCCCOCCCNC(=O)c1scnc1C(F)(F)F. The zero-order valence-electron chi connectivity index (χ0n) is 11.1. The van der Waals surface area contributed by atoms with Crippen LogP contribution in [0.1, 0.15) is 41.6 Å². The van der Waals surface area contributed by atoms with Gasteiger partial charge in [-0.25, -0.2) is 4.98 Å². The molecule has 0 fully saturated rings. The fraction of sp³-hybridized carbons (Fsp3) is 0.667. The number of hydrogen-bond donors (Lipinski definition) is 1. The van der Waals surface area contributed by atoms with Crippen molar-refractivity contribution < 1.29 is 22.7 Å². The molecule has 0 aliphatic heterocycles. The molecule has 1 aromatic rings. The monoisotopic (exact) mass is 310 g/mol. The maximum absolute atomic E-state index is 12.5. The van der Waals surface area contributed by atoms with E-state index in [-0.39, 0.29) is 6.54 Å². The van der Waals surface area contributed by atoms with Crippen molar-refractivity contribution in [3.05, 3.63) is 16.1 Å². The fourth-order valence-corrected chi connectivity index (χ4v) is 2.14. The normalized spacial score (nSPS) is 11.6. The summed E-state index contributed by atoms with van der Waals surface area (Å²) in [6.45, 7) is 3.48. The minimum absolute atomic E-state index is 0.278. The number of aromatic nitrogens is 1. The van der Waals surface area contributed by atoms with E-state index in [2.05, 4.69) is 17.2 Å². The topological polar surface area (TPSA) is 51.2 Å². The molecule has 20 heavy (non-hydrogen) atoms. The van der Waals surface area contributed by atoms with Gasteiger partial charge in [-0.15, -0.1) is 11.3 Å². The molecular formula is C12H17F3N2O2S. The molecule has 1 N–H and O–H groups in total. The summed E-state index contributed by atoms with van der Waals surface area (Å²) in [5.41, 5.74) is -0.106. The van der Waals surface area contributed by atoms with Gasteiger partial charge in [0.15, 0.2) is 5.69 Å². The molecule has 1 aromatic heterocycles. The number of unbranched alkanes of at least 4 members (excludes halogenated alkanes) is 1. The van der Waals surface area contributed by atoms with E-state index in [1.165, 1.54) is 0 Å². The van der Waals surface area contributed by atoms with E-state index < -0.39 is 22.7 Å². The number of carbonyl (C=O) groups is 1. The predicted octanol–water partition coefficient (Wildman–Crippen LogP) is 3.10. The van der Waals surface area contributed by atoms with E-state index in [0.717, 1.165) is 18.4 Å². The van der Waals surface area contributed by atoms with Crippen molar-refractivity contribution in [3.63, 3.8) is 0 Å². The van der Waals surface area contributed by atoms with Gasteiger partial charge in [-0.3, -0.25) is 4.79 Å². The van der Waals surface area contributed by atoms with Gasteiger partial charge in [0.05, 0.1) is 5.51 Å². The highest BCUT2D eigenvalue weighted by Gasteiger charge is 2.38. The van der Waals surface area contributed by atoms with Crippen LogP contribution in [0.4, 0.5) is 13.2 Å². The summed E-state index contributed by atoms with van der Waals surface area (Å²) in [6, 6.07) is 0. The first-order valence-electron chi connectivity index (χ1n) is 6.33. The maximum atomic E-state index is 12.5. The van der Waals surface area contributed by atoms with E-state index in [1.807, 2.05) is 0 Å². The number of rotatable bonds is 8. The number of ether oxygens (including phenoxy) is 1. The zero-order valence-corrected chi connectivity index (χ0v) is 11.9. The highest BCUT2D eigenvalue weighted by atomic mass is 32.1. The Morgan fingerprint density at radius 2 is 2.10 bits per heavy atom. The molecule has 0 atom stereocenters. The second kappa shape index (κ2) is 8.21. The fourth-order valence-electron chi connectivity index (χ4n) is 1.41. The minimum atomic E-state index is -4.60. The van der Waals surface area contributed by atoms with Crippen LogP contribution < -0.4 is 5.32 Å². The van der Waals surface area contributed by atoms with E-state index in [9.17, 15) is 18.0 Å². The van der Waals surface area contributed by atoms with Crippen molar-refractivity contribution in [1.29, 1.82) is 0 Å². The van der Waals surface area contributed by atoms with Gasteiger partial charge >= 0.3 is 6.18 Å². The van der Waals surface area contributed by atoms with E-state index in [1.54, 1.807) is 0 Å². The smallest absolute Gasteiger partial charge is 0.381 e. The van der Waals surface area contributed by atoms with Crippen molar-refractivity contribution in [3.8, 4) is 0 Å². The standard InChI is InChI=1S/C12H17F3N2O2S/c1-2-3-6-19-7-4-5-16-11(18)9-10(12(13,14)15)17-8-20-9/h8H,2-7H2,1H3,(H,16,18). The number of hydrogen-bond acceptors (Lipinski definition) is 4. The largest absolute Gasteiger partial charge is 0.434 e. The molecule has 0 saturated heterocycles. The molecule has 1 heterocycles. The van der Waals surface area contributed by atoms with Gasteiger partial charge in [-0.2, -0.15) is 13.2 Å². The molecular weight excluding hydrogens is 293 g/mol. The van der Waals surface area contributed by atoms with Crippen molar-refractivity contribution in [1.82, 2.24) is 10.3 Å². The molecule has 0 aromatic carbocycles. The lowest BCUT2D eigenvalue weighted by Crippen LogP contribution is -2.26. The number of alkyl halides is 3. The summed E-state index contributed by atoms with van der Waals surface area (Å²) in [6.07, 6.45) is -2.02. The second-order valence-electron chi connectivity index (χ2n) is 4.10. The van der Waals surface area contributed by atoms with E-state index >= 15 is 0 Å². The molecule has 0 bridgehead atoms. The Labute approximate surface area is 119 Å². The molecule has 1 amide bonds. The van der Waals surface area contributed by atoms with Crippen molar-refractivity contribution in [2.45, 2.75) is 32.4 Å². The predicted molar refractivity (Wildman–Crippen MR) is 69.8 cm³/mol. The Balaban J connectivity index is 2.32. The van der Waals surface area contributed by atoms with Crippen molar-refractivity contribution >= 4 is 17.2 Å². The zero-order chi connectivity index (χ0) is 15.0. The third-order valence-electron chi connectivity index (χ3n) is 2.44. The number of thiazole rings is 1. The number of nitrogens with one attached hydrogen (secondary N) is 1. The lowest BCUT2D eigenvalue weighted by Gasteiger charge is -2.07. The summed E-state index contributed by atoms with van der Waals surface area (Å²) in [7, 11) is 0. The van der Waals surface area contributed by atoms with Gasteiger partial charge in [-0.05, 0) is 12.8 Å². The number of halogens is 3. The Hall–Kier alpha value is -1.15. The first-order chi connectivity index (χ1) is 9.46. The molecule has 0 aliphatic carbocycles.